The number of esters is 1. The molecule has 2 aromatic rings. The molecule has 2 bridgehead atoms. The number of hydrogen-bond acceptors (Lipinski definition) is 5. The Balaban J connectivity index is 1.32. The number of Topliss-reactive ketones (excluding diaryl/α,β-unsaturated/α-hetero) is 1. The standard InChI is InChI=1S/C24H24N2O5/c27-19(25-26-23(29)16-9-5-2-6-10-16)14-31-24(30)21-18-12-11-17(13-18)20(21)22(28)15-7-3-1-4-8-15/h1-10,17-18,20-21H,11-14H2,(H,25,27)(H,26,29)/t17-,18-,20-,21+/m0/s1. The van der Waals surface area contributed by atoms with Gasteiger partial charge in [-0.05, 0) is 43.2 Å². The lowest BCUT2D eigenvalue weighted by Crippen LogP contribution is -2.44. The molecule has 2 N–H and O–H groups in total. The van der Waals surface area contributed by atoms with Crippen LogP contribution in [0.1, 0.15) is 40.0 Å². The number of fused-ring (bicyclic) bond motifs is 2. The zero-order valence-corrected chi connectivity index (χ0v) is 17.0. The number of hydrogen-bond donors (Lipinski definition) is 2. The Kier molecular flexibility index (Phi) is 6.11. The Morgan fingerprint density at radius 3 is 2.00 bits per heavy atom. The number of benzene rings is 2. The summed E-state index contributed by atoms with van der Waals surface area (Å²) >= 11 is 0. The third-order valence-electron chi connectivity index (χ3n) is 6.25. The Morgan fingerprint density at radius 2 is 1.35 bits per heavy atom. The lowest BCUT2D eigenvalue weighted by Gasteiger charge is -2.28. The van der Waals surface area contributed by atoms with Crippen LogP contribution < -0.4 is 10.9 Å². The predicted octanol–water partition coefficient (Wildman–Crippen LogP) is 2.54. The molecule has 4 rings (SSSR count). The average molecular weight is 420 g/mol. The topological polar surface area (TPSA) is 102 Å². The first kappa shape index (κ1) is 20.8. The number of ketones is 1. The molecule has 2 fully saturated rings. The highest BCUT2D eigenvalue weighted by Gasteiger charge is 2.54. The molecular weight excluding hydrogens is 396 g/mol. The first-order chi connectivity index (χ1) is 15.0. The highest BCUT2D eigenvalue weighted by atomic mass is 16.5. The molecule has 0 heterocycles. The van der Waals surface area contributed by atoms with E-state index in [1.807, 2.05) is 18.2 Å². The van der Waals surface area contributed by atoms with Crippen LogP contribution in [-0.2, 0) is 14.3 Å². The summed E-state index contributed by atoms with van der Waals surface area (Å²) in [6, 6.07) is 17.4. The number of ether oxygens (including phenoxy) is 1. The summed E-state index contributed by atoms with van der Waals surface area (Å²) in [5, 5.41) is 0. The highest BCUT2D eigenvalue weighted by molar-refractivity contribution is 6.01. The fourth-order valence-corrected chi connectivity index (χ4v) is 4.86. The molecule has 2 amide bonds. The van der Waals surface area contributed by atoms with Crippen molar-refractivity contribution in [1.29, 1.82) is 0 Å². The van der Waals surface area contributed by atoms with Crippen molar-refractivity contribution in [2.24, 2.45) is 23.7 Å². The Morgan fingerprint density at radius 1 is 0.774 bits per heavy atom. The predicted molar refractivity (Wildman–Crippen MR) is 112 cm³/mol. The molecule has 2 saturated carbocycles. The minimum atomic E-state index is -0.647. The van der Waals surface area contributed by atoms with Gasteiger partial charge in [0.15, 0.2) is 12.4 Å². The normalized spacial score (nSPS) is 23.7. The summed E-state index contributed by atoms with van der Waals surface area (Å²) in [5.41, 5.74) is 5.51. The van der Waals surface area contributed by atoms with Gasteiger partial charge < -0.3 is 4.74 Å². The van der Waals surface area contributed by atoms with Gasteiger partial charge in [0.05, 0.1) is 5.92 Å². The van der Waals surface area contributed by atoms with Crippen LogP contribution in [0.15, 0.2) is 60.7 Å². The Hall–Kier alpha value is -3.48. The van der Waals surface area contributed by atoms with E-state index in [1.54, 1.807) is 42.5 Å². The molecule has 7 heteroatoms. The van der Waals surface area contributed by atoms with Crippen molar-refractivity contribution in [3.05, 3.63) is 71.8 Å². The maximum absolute atomic E-state index is 13.1. The van der Waals surface area contributed by atoms with Gasteiger partial charge in [-0.25, -0.2) is 0 Å². The van der Waals surface area contributed by atoms with Crippen LogP contribution >= 0.6 is 0 Å². The van der Waals surface area contributed by atoms with Crippen LogP contribution in [0.2, 0.25) is 0 Å². The van der Waals surface area contributed by atoms with Crippen LogP contribution in [0.25, 0.3) is 0 Å². The Bertz CT molecular complexity index is 976. The number of rotatable bonds is 6. The maximum Gasteiger partial charge on any atom is 0.310 e. The summed E-state index contributed by atoms with van der Waals surface area (Å²) in [7, 11) is 0. The zero-order chi connectivity index (χ0) is 21.8. The number of carbonyl (C=O) groups is 4. The summed E-state index contributed by atoms with van der Waals surface area (Å²) in [5.74, 6) is -2.33. The largest absolute Gasteiger partial charge is 0.455 e. The van der Waals surface area contributed by atoms with E-state index in [0.29, 0.717) is 11.1 Å². The molecular formula is C24H24N2O5. The molecule has 0 aromatic heterocycles. The quantitative estimate of drug-likeness (QED) is 0.425. The van der Waals surface area contributed by atoms with E-state index in [9.17, 15) is 19.2 Å². The fraction of sp³-hybridized carbons (Fsp3) is 0.333. The Labute approximate surface area is 180 Å². The van der Waals surface area contributed by atoms with Gasteiger partial charge in [-0.3, -0.25) is 30.0 Å². The second-order valence-electron chi connectivity index (χ2n) is 8.09. The van der Waals surface area contributed by atoms with Crippen LogP contribution in [0, 0.1) is 23.7 Å². The van der Waals surface area contributed by atoms with E-state index < -0.39 is 36.2 Å². The van der Waals surface area contributed by atoms with Crippen molar-refractivity contribution in [3.8, 4) is 0 Å². The van der Waals surface area contributed by atoms with Gasteiger partial charge in [0, 0.05) is 17.0 Å². The SMILES string of the molecule is O=C(COC(=O)[C@@H]1[C@H]2CC[C@@H](C2)[C@@H]1C(=O)c1ccccc1)NNC(=O)c1ccccc1. The molecule has 160 valence electrons. The average Bonchev–Trinajstić information content (AvgIpc) is 3.43. The van der Waals surface area contributed by atoms with Crippen LogP contribution in [0.5, 0.6) is 0 Å². The van der Waals surface area contributed by atoms with Crippen molar-refractivity contribution >= 4 is 23.6 Å². The monoisotopic (exact) mass is 420 g/mol. The third kappa shape index (κ3) is 4.50. The minimum absolute atomic E-state index is 0.0330. The van der Waals surface area contributed by atoms with Gasteiger partial charge in [-0.2, -0.15) is 0 Å². The van der Waals surface area contributed by atoms with Crippen molar-refractivity contribution in [1.82, 2.24) is 10.9 Å². The molecule has 7 nitrogen and oxygen atoms in total. The maximum atomic E-state index is 13.1. The van der Waals surface area contributed by atoms with Crippen molar-refractivity contribution < 1.29 is 23.9 Å². The molecule has 0 radical (unpaired) electrons. The first-order valence-electron chi connectivity index (χ1n) is 10.4. The van der Waals surface area contributed by atoms with E-state index in [0.717, 1.165) is 19.3 Å². The second-order valence-corrected chi connectivity index (χ2v) is 8.09. The van der Waals surface area contributed by atoms with Crippen LogP contribution in [0.4, 0.5) is 0 Å². The zero-order valence-electron chi connectivity index (χ0n) is 17.0. The molecule has 0 spiro atoms. The van der Waals surface area contributed by atoms with E-state index in [-0.39, 0.29) is 17.6 Å². The van der Waals surface area contributed by atoms with Crippen LogP contribution in [0.3, 0.4) is 0 Å². The first-order valence-corrected chi connectivity index (χ1v) is 10.4. The second kappa shape index (κ2) is 9.12. The van der Waals surface area contributed by atoms with Crippen molar-refractivity contribution in [2.45, 2.75) is 19.3 Å². The molecule has 31 heavy (non-hydrogen) atoms. The minimum Gasteiger partial charge on any atom is -0.455 e. The third-order valence-corrected chi connectivity index (χ3v) is 6.25. The number of nitrogens with one attached hydrogen (secondary N) is 2. The highest BCUT2D eigenvalue weighted by Crippen LogP contribution is 2.53. The lowest BCUT2D eigenvalue weighted by atomic mass is 9.75. The summed E-state index contributed by atoms with van der Waals surface area (Å²) in [6.07, 6.45) is 2.66. The van der Waals surface area contributed by atoms with Gasteiger partial charge in [0.2, 0.25) is 0 Å². The van der Waals surface area contributed by atoms with Crippen LogP contribution in [-0.4, -0.2) is 30.2 Å². The molecule has 4 atom stereocenters. The molecule has 2 aliphatic rings. The molecule has 2 aromatic carbocycles. The van der Waals surface area contributed by atoms with E-state index in [2.05, 4.69) is 10.9 Å². The molecule has 0 unspecified atom stereocenters. The summed E-state index contributed by atoms with van der Waals surface area (Å²) < 4.78 is 5.24. The number of carbonyl (C=O) groups excluding carboxylic acids is 4. The van der Waals surface area contributed by atoms with E-state index in [1.165, 1.54) is 0 Å². The van der Waals surface area contributed by atoms with E-state index >= 15 is 0 Å². The van der Waals surface area contributed by atoms with Crippen molar-refractivity contribution in [3.63, 3.8) is 0 Å². The van der Waals surface area contributed by atoms with E-state index in [4.69, 9.17) is 4.74 Å². The van der Waals surface area contributed by atoms with Gasteiger partial charge >= 0.3 is 5.97 Å². The lowest BCUT2D eigenvalue weighted by molar-refractivity contribution is -0.155. The van der Waals surface area contributed by atoms with Crippen molar-refractivity contribution in [2.75, 3.05) is 6.61 Å². The number of hydrazine groups is 1. The fourth-order valence-electron chi connectivity index (χ4n) is 4.86. The summed E-state index contributed by atoms with van der Waals surface area (Å²) in [4.78, 5) is 49.9. The van der Waals surface area contributed by atoms with Gasteiger partial charge in [-0.15, -0.1) is 0 Å². The summed E-state index contributed by atoms with van der Waals surface area (Å²) in [6.45, 7) is -0.520. The molecule has 2 aliphatic carbocycles. The van der Waals surface area contributed by atoms with Gasteiger partial charge in [-0.1, -0.05) is 48.5 Å². The van der Waals surface area contributed by atoms with Gasteiger partial charge in [0.25, 0.3) is 11.8 Å². The smallest absolute Gasteiger partial charge is 0.310 e. The van der Waals surface area contributed by atoms with Gasteiger partial charge in [0.1, 0.15) is 0 Å². The number of amides is 2. The molecule has 0 aliphatic heterocycles. The molecule has 0 saturated heterocycles.